The lowest BCUT2D eigenvalue weighted by Gasteiger charge is -2.37. The van der Waals surface area contributed by atoms with Gasteiger partial charge in [0.25, 0.3) is 0 Å². The van der Waals surface area contributed by atoms with Gasteiger partial charge in [-0.25, -0.2) is 8.42 Å². The summed E-state index contributed by atoms with van der Waals surface area (Å²) < 4.78 is 25.4. The van der Waals surface area contributed by atoms with Crippen LogP contribution in [0, 0.1) is 5.92 Å². The van der Waals surface area contributed by atoms with Crippen LogP contribution < -0.4 is 5.32 Å². The number of fused-ring (bicyclic) bond motifs is 1. The van der Waals surface area contributed by atoms with E-state index in [-0.39, 0.29) is 17.2 Å². The molecule has 0 radical (unpaired) electrons. The van der Waals surface area contributed by atoms with Crippen molar-refractivity contribution >= 4 is 9.84 Å². The molecule has 1 aliphatic rings. The molecule has 0 aliphatic carbocycles. The molecule has 1 N–H and O–H groups in total. The lowest BCUT2D eigenvalue weighted by molar-refractivity contribution is 0.336. The van der Waals surface area contributed by atoms with Crippen LogP contribution in [0.2, 0.25) is 0 Å². The molecule has 2 rings (SSSR count). The topological polar surface area (TPSA) is 46.2 Å². The molecule has 3 unspecified atom stereocenters. The number of hydrogen-bond donors (Lipinski definition) is 1. The zero-order valence-corrected chi connectivity index (χ0v) is 14.7. The number of sulfone groups is 1. The molecule has 0 spiro atoms. The molecule has 3 nitrogen and oxygen atoms in total. The van der Waals surface area contributed by atoms with E-state index in [1.807, 2.05) is 19.9 Å². The van der Waals surface area contributed by atoms with Gasteiger partial charge in [-0.05, 0) is 36.0 Å². The summed E-state index contributed by atoms with van der Waals surface area (Å²) in [5.41, 5.74) is 2.14. The molecule has 0 bridgehead atoms. The monoisotopic (exact) mass is 309 g/mol. The van der Waals surface area contributed by atoms with Crippen molar-refractivity contribution in [2.45, 2.75) is 69.7 Å². The first kappa shape index (κ1) is 16.5. The summed E-state index contributed by atoms with van der Waals surface area (Å²) in [7, 11) is -3.22. The fraction of sp³-hybridized carbons (Fsp3) is 0.647. The average molecular weight is 309 g/mol. The quantitative estimate of drug-likeness (QED) is 0.927. The second kappa shape index (κ2) is 5.73. The molecule has 0 saturated heterocycles. The second-order valence-electron chi connectivity index (χ2n) is 6.86. The van der Waals surface area contributed by atoms with Crippen molar-refractivity contribution in [3.8, 4) is 0 Å². The average Bonchev–Trinajstić information content (AvgIpc) is 2.40. The Hall–Kier alpha value is -0.870. The Bertz CT molecular complexity index is 620. The predicted octanol–water partition coefficient (Wildman–Crippen LogP) is 3.66. The Kier molecular flexibility index (Phi) is 4.50. The molecular formula is C17H27NO2S. The molecule has 0 saturated carbocycles. The van der Waals surface area contributed by atoms with E-state index in [0.29, 0.717) is 16.9 Å². The van der Waals surface area contributed by atoms with E-state index in [1.165, 1.54) is 5.56 Å². The van der Waals surface area contributed by atoms with Gasteiger partial charge in [-0.1, -0.05) is 46.8 Å². The second-order valence-corrected chi connectivity index (χ2v) is 9.13. The van der Waals surface area contributed by atoms with Gasteiger partial charge in [-0.3, -0.25) is 0 Å². The first-order valence-corrected chi connectivity index (χ1v) is 9.34. The highest BCUT2D eigenvalue weighted by Crippen LogP contribution is 2.41. The maximum absolute atomic E-state index is 12.7. The third-order valence-electron chi connectivity index (χ3n) is 4.61. The Morgan fingerprint density at radius 2 is 1.71 bits per heavy atom. The maximum Gasteiger partial charge on any atom is 0.181 e. The highest BCUT2D eigenvalue weighted by atomic mass is 32.2. The summed E-state index contributed by atoms with van der Waals surface area (Å²) in [5, 5.41) is 3.20. The van der Waals surface area contributed by atoms with E-state index >= 15 is 0 Å². The molecule has 0 aromatic heterocycles. The minimum Gasteiger partial charge on any atom is -0.307 e. The van der Waals surface area contributed by atoms with Gasteiger partial charge in [-0.2, -0.15) is 0 Å². The standard InChI is InChI=1S/C17H27NO2S/c1-10(2)14-7-8-16-15(9-14)17(18-11(3)4)12(5)13(6)21(16,19)20/h7-13,17-18H,1-6H3. The first-order chi connectivity index (χ1) is 9.66. The Labute approximate surface area is 129 Å². The van der Waals surface area contributed by atoms with Gasteiger partial charge in [0.2, 0.25) is 0 Å². The number of nitrogens with one attached hydrogen (secondary N) is 1. The molecule has 1 aliphatic heterocycles. The molecule has 1 aromatic rings. The van der Waals surface area contributed by atoms with Crippen LogP contribution in [-0.2, 0) is 9.84 Å². The van der Waals surface area contributed by atoms with Crippen LogP contribution in [0.25, 0.3) is 0 Å². The molecule has 1 heterocycles. The highest BCUT2D eigenvalue weighted by Gasteiger charge is 2.41. The third kappa shape index (κ3) is 2.88. The van der Waals surface area contributed by atoms with Gasteiger partial charge in [0.1, 0.15) is 0 Å². The van der Waals surface area contributed by atoms with Crippen LogP contribution in [0.1, 0.15) is 64.6 Å². The molecule has 21 heavy (non-hydrogen) atoms. The van der Waals surface area contributed by atoms with Crippen LogP contribution in [0.4, 0.5) is 0 Å². The maximum atomic E-state index is 12.7. The van der Waals surface area contributed by atoms with Crippen molar-refractivity contribution in [2.75, 3.05) is 0 Å². The fourth-order valence-electron chi connectivity index (χ4n) is 3.07. The van der Waals surface area contributed by atoms with Crippen LogP contribution in [0.15, 0.2) is 23.1 Å². The van der Waals surface area contributed by atoms with Gasteiger partial charge < -0.3 is 5.32 Å². The van der Waals surface area contributed by atoms with Crippen molar-refractivity contribution in [3.05, 3.63) is 29.3 Å². The summed E-state index contributed by atoms with van der Waals surface area (Å²) in [6, 6.07) is 6.26. The SMILES string of the molecule is CC(C)NC1c2cc(C(C)C)ccc2S(=O)(=O)C(C)C1C. The van der Waals surface area contributed by atoms with E-state index in [4.69, 9.17) is 0 Å². The largest absolute Gasteiger partial charge is 0.307 e. The van der Waals surface area contributed by atoms with Crippen molar-refractivity contribution in [3.63, 3.8) is 0 Å². The van der Waals surface area contributed by atoms with E-state index in [9.17, 15) is 8.42 Å². The molecule has 1 aromatic carbocycles. The van der Waals surface area contributed by atoms with Gasteiger partial charge in [0, 0.05) is 12.1 Å². The summed E-state index contributed by atoms with van der Waals surface area (Å²) >= 11 is 0. The zero-order chi connectivity index (χ0) is 15.9. The summed E-state index contributed by atoms with van der Waals surface area (Å²) in [6.45, 7) is 12.3. The molecule has 0 fully saturated rings. The van der Waals surface area contributed by atoms with Gasteiger partial charge in [-0.15, -0.1) is 0 Å². The van der Waals surface area contributed by atoms with Crippen molar-refractivity contribution in [1.82, 2.24) is 5.32 Å². The van der Waals surface area contributed by atoms with Crippen LogP contribution in [-0.4, -0.2) is 19.7 Å². The fourth-order valence-corrected chi connectivity index (χ4v) is 4.96. The summed E-state index contributed by atoms with van der Waals surface area (Å²) in [6.07, 6.45) is 0. The van der Waals surface area contributed by atoms with Gasteiger partial charge in [0.15, 0.2) is 9.84 Å². The lowest BCUT2D eigenvalue weighted by Crippen LogP contribution is -2.43. The first-order valence-electron chi connectivity index (χ1n) is 7.80. The molecule has 118 valence electrons. The van der Waals surface area contributed by atoms with Crippen molar-refractivity contribution in [1.29, 1.82) is 0 Å². The minimum absolute atomic E-state index is 0.0623. The number of rotatable bonds is 3. The number of benzene rings is 1. The molecule has 0 amide bonds. The Morgan fingerprint density at radius 3 is 2.24 bits per heavy atom. The van der Waals surface area contributed by atoms with Crippen LogP contribution in [0.5, 0.6) is 0 Å². The molecule has 4 heteroatoms. The van der Waals surface area contributed by atoms with Crippen molar-refractivity contribution < 1.29 is 8.42 Å². The Morgan fingerprint density at radius 1 is 1.10 bits per heavy atom. The van der Waals surface area contributed by atoms with Gasteiger partial charge in [0.05, 0.1) is 10.1 Å². The Balaban J connectivity index is 2.64. The third-order valence-corrected chi connectivity index (χ3v) is 7.00. The smallest absolute Gasteiger partial charge is 0.181 e. The number of hydrogen-bond acceptors (Lipinski definition) is 3. The van der Waals surface area contributed by atoms with E-state index in [0.717, 1.165) is 5.56 Å². The van der Waals surface area contributed by atoms with E-state index in [2.05, 4.69) is 39.1 Å². The normalized spacial score (nSPS) is 27.9. The summed E-state index contributed by atoms with van der Waals surface area (Å²) in [4.78, 5) is 0.510. The highest BCUT2D eigenvalue weighted by molar-refractivity contribution is 7.92. The lowest BCUT2D eigenvalue weighted by atomic mass is 9.88. The predicted molar refractivity (Wildman–Crippen MR) is 87.4 cm³/mol. The van der Waals surface area contributed by atoms with E-state index in [1.54, 1.807) is 6.07 Å². The van der Waals surface area contributed by atoms with E-state index < -0.39 is 9.84 Å². The van der Waals surface area contributed by atoms with Crippen molar-refractivity contribution in [2.24, 2.45) is 5.92 Å². The zero-order valence-electron chi connectivity index (χ0n) is 13.8. The molecular weight excluding hydrogens is 282 g/mol. The molecule has 3 atom stereocenters. The van der Waals surface area contributed by atoms with Gasteiger partial charge >= 0.3 is 0 Å². The minimum atomic E-state index is -3.22. The van der Waals surface area contributed by atoms with Crippen LogP contribution >= 0.6 is 0 Å². The summed E-state index contributed by atoms with van der Waals surface area (Å²) in [5.74, 6) is 0.458. The van der Waals surface area contributed by atoms with Crippen LogP contribution in [0.3, 0.4) is 0 Å².